The number of amides is 3. The number of rotatable bonds is 5. The number of nitrogens with zero attached hydrogens (tertiary/aromatic N) is 1. The minimum atomic E-state index is -1.04. The first-order valence-electron chi connectivity index (χ1n) is 9.78. The highest BCUT2D eigenvalue weighted by Crippen LogP contribution is 2.24. The Morgan fingerprint density at radius 3 is 2.03 bits per heavy atom. The molecule has 164 valence electrons. The Morgan fingerprint density at radius 1 is 1.07 bits per heavy atom. The highest BCUT2D eigenvalue weighted by atomic mass is 16.6. The van der Waals surface area contributed by atoms with Crippen molar-refractivity contribution in [1.29, 1.82) is 0 Å². The standard InChI is InChI=1S/C23H33N3O4/c1-10-26(18(27)14-24-21(29)30-23(7,8)9)19(20(28)25-22(4,5)6)17-12-15(2)11-16(3)13-17/h1,11-13,19H,14H2,2-9H3,(H,24,29)(H,25,28). The largest absolute Gasteiger partial charge is 0.444 e. The van der Waals surface area contributed by atoms with E-state index < -0.39 is 41.6 Å². The molecule has 7 nitrogen and oxygen atoms in total. The van der Waals surface area contributed by atoms with E-state index in [1.165, 1.54) is 0 Å². The molecule has 0 aliphatic carbocycles. The quantitative estimate of drug-likeness (QED) is 0.571. The number of benzene rings is 1. The summed E-state index contributed by atoms with van der Waals surface area (Å²) >= 11 is 0. The van der Waals surface area contributed by atoms with Crippen LogP contribution in [0.5, 0.6) is 0 Å². The van der Waals surface area contributed by atoms with Crippen molar-refractivity contribution in [2.45, 2.75) is 72.6 Å². The molecule has 0 spiro atoms. The molecule has 0 radical (unpaired) electrons. The number of aryl methyl sites for hydroxylation is 2. The third kappa shape index (κ3) is 8.16. The summed E-state index contributed by atoms with van der Waals surface area (Å²) in [6.07, 6.45) is 4.89. The van der Waals surface area contributed by atoms with Crippen molar-refractivity contribution in [2.24, 2.45) is 0 Å². The van der Waals surface area contributed by atoms with Gasteiger partial charge in [0.15, 0.2) is 0 Å². The van der Waals surface area contributed by atoms with Crippen LogP contribution in [0.4, 0.5) is 4.79 Å². The predicted octanol–water partition coefficient (Wildman–Crippen LogP) is 3.20. The molecule has 2 N–H and O–H groups in total. The van der Waals surface area contributed by atoms with Gasteiger partial charge in [0.2, 0.25) is 5.91 Å². The minimum absolute atomic E-state index is 0.400. The van der Waals surface area contributed by atoms with E-state index in [2.05, 4.69) is 16.7 Å². The van der Waals surface area contributed by atoms with Gasteiger partial charge in [-0.15, -0.1) is 0 Å². The molecule has 1 atom stereocenters. The van der Waals surface area contributed by atoms with Crippen molar-refractivity contribution in [2.75, 3.05) is 6.54 Å². The number of nitrogens with one attached hydrogen (secondary N) is 2. The molecule has 30 heavy (non-hydrogen) atoms. The zero-order chi connectivity index (χ0) is 23.3. The molecular formula is C23H33N3O4. The molecule has 1 aromatic carbocycles. The fourth-order valence-corrected chi connectivity index (χ4v) is 2.86. The molecule has 7 heteroatoms. The van der Waals surface area contributed by atoms with Crippen LogP contribution in [0.25, 0.3) is 0 Å². The first-order chi connectivity index (χ1) is 13.6. The van der Waals surface area contributed by atoms with E-state index in [1.807, 2.05) is 52.8 Å². The fraction of sp³-hybridized carbons (Fsp3) is 0.522. The second-order valence-electron chi connectivity index (χ2n) is 9.31. The number of terminal acetylenes is 1. The molecule has 0 saturated carbocycles. The van der Waals surface area contributed by atoms with E-state index in [0.717, 1.165) is 16.0 Å². The van der Waals surface area contributed by atoms with Gasteiger partial charge in [-0.2, -0.15) is 0 Å². The van der Waals surface area contributed by atoms with E-state index in [0.29, 0.717) is 5.56 Å². The molecule has 1 aromatic rings. The van der Waals surface area contributed by atoms with Crippen LogP contribution in [0, 0.1) is 26.3 Å². The van der Waals surface area contributed by atoms with Crippen LogP contribution in [0.3, 0.4) is 0 Å². The zero-order valence-corrected chi connectivity index (χ0v) is 19.2. The van der Waals surface area contributed by atoms with Crippen LogP contribution in [-0.4, -0.2) is 40.5 Å². The number of ether oxygens (including phenoxy) is 1. The number of hydrogen-bond donors (Lipinski definition) is 2. The average molecular weight is 416 g/mol. The van der Waals surface area contributed by atoms with Gasteiger partial charge >= 0.3 is 6.09 Å². The molecule has 0 fully saturated rings. The van der Waals surface area contributed by atoms with Crippen molar-refractivity contribution in [3.05, 3.63) is 34.9 Å². The number of carbonyl (C=O) groups is 3. The third-order valence-corrected chi connectivity index (χ3v) is 3.76. The Labute approximate surface area is 179 Å². The lowest BCUT2D eigenvalue weighted by Crippen LogP contribution is -2.49. The zero-order valence-electron chi connectivity index (χ0n) is 19.2. The van der Waals surface area contributed by atoms with Gasteiger partial charge in [0, 0.05) is 11.6 Å². The van der Waals surface area contributed by atoms with E-state index in [1.54, 1.807) is 20.8 Å². The Bertz CT molecular complexity index is 821. The Kier molecular flexibility index (Phi) is 8.06. The second kappa shape index (κ2) is 9.66. The first-order valence-corrected chi connectivity index (χ1v) is 9.78. The Balaban J connectivity index is 3.19. The van der Waals surface area contributed by atoms with Crippen LogP contribution in [0.15, 0.2) is 18.2 Å². The van der Waals surface area contributed by atoms with Crippen molar-refractivity contribution >= 4 is 17.9 Å². The lowest BCUT2D eigenvalue weighted by molar-refractivity contribution is -0.137. The van der Waals surface area contributed by atoms with Crippen molar-refractivity contribution in [3.8, 4) is 12.5 Å². The maximum Gasteiger partial charge on any atom is 0.408 e. The maximum atomic E-state index is 13.1. The average Bonchev–Trinajstić information content (AvgIpc) is 2.53. The summed E-state index contributed by atoms with van der Waals surface area (Å²) in [5.41, 5.74) is 1.25. The lowest BCUT2D eigenvalue weighted by atomic mass is 9.98. The van der Waals surface area contributed by atoms with Crippen molar-refractivity contribution in [1.82, 2.24) is 15.5 Å². The number of carbonyl (C=O) groups excluding carboxylic acids is 3. The topological polar surface area (TPSA) is 87.7 Å². The molecule has 1 unspecified atom stereocenters. The summed E-state index contributed by atoms with van der Waals surface area (Å²) in [4.78, 5) is 38.8. The highest BCUT2D eigenvalue weighted by molar-refractivity contribution is 5.91. The molecule has 0 heterocycles. The smallest absolute Gasteiger partial charge is 0.408 e. The predicted molar refractivity (Wildman–Crippen MR) is 116 cm³/mol. The molecular weight excluding hydrogens is 382 g/mol. The van der Waals surface area contributed by atoms with Crippen LogP contribution >= 0.6 is 0 Å². The molecule has 0 aromatic heterocycles. The molecule has 0 bridgehead atoms. The SMILES string of the molecule is C#CN(C(=O)CNC(=O)OC(C)(C)C)C(C(=O)NC(C)(C)C)c1cc(C)cc(C)c1. The van der Waals surface area contributed by atoms with Crippen LogP contribution in [-0.2, 0) is 14.3 Å². The molecule has 3 amide bonds. The van der Waals surface area contributed by atoms with Crippen molar-refractivity contribution in [3.63, 3.8) is 0 Å². The summed E-state index contributed by atoms with van der Waals surface area (Å²) < 4.78 is 5.14. The highest BCUT2D eigenvalue weighted by Gasteiger charge is 2.33. The number of hydrogen-bond acceptors (Lipinski definition) is 4. The van der Waals surface area contributed by atoms with Gasteiger partial charge in [0.05, 0.1) is 0 Å². The van der Waals surface area contributed by atoms with E-state index in [4.69, 9.17) is 11.2 Å². The van der Waals surface area contributed by atoms with E-state index in [9.17, 15) is 14.4 Å². The first kappa shape index (κ1) is 25.0. The Hall–Kier alpha value is -3.01. The van der Waals surface area contributed by atoms with Gasteiger partial charge in [-0.05, 0) is 61.0 Å². The Morgan fingerprint density at radius 2 is 1.60 bits per heavy atom. The summed E-state index contributed by atoms with van der Waals surface area (Å²) in [5.74, 6) is -1.01. The van der Waals surface area contributed by atoms with E-state index >= 15 is 0 Å². The van der Waals surface area contributed by atoms with Gasteiger partial charge in [-0.1, -0.05) is 35.7 Å². The van der Waals surface area contributed by atoms with Crippen LogP contribution in [0.2, 0.25) is 0 Å². The maximum absolute atomic E-state index is 13.1. The normalized spacial score (nSPS) is 12.4. The summed E-state index contributed by atoms with van der Waals surface area (Å²) in [7, 11) is 0. The fourth-order valence-electron chi connectivity index (χ4n) is 2.86. The van der Waals surface area contributed by atoms with Crippen molar-refractivity contribution < 1.29 is 19.1 Å². The van der Waals surface area contributed by atoms with Gasteiger partial charge in [-0.3, -0.25) is 14.5 Å². The van der Waals surface area contributed by atoms with Gasteiger partial charge in [-0.25, -0.2) is 4.79 Å². The van der Waals surface area contributed by atoms with E-state index in [-0.39, 0.29) is 0 Å². The summed E-state index contributed by atoms with van der Waals surface area (Å²) in [5, 5.41) is 5.27. The second-order valence-corrected chi connectivity index (χ2v) is 9.31. The minimum Gasteiger partial charge on any atom is -0.444 e. The monoisotopic (exact) mass is 415 g/mol. The molecule has 1 rings (SSSR count). The molecule has 0 saturated heterocycles. The summed E-state index contributed by atoms with van der Waals surface area (Å²) in [6, 6.07) is 6.87. The molecule has 0 aliphatic rings. The van der Waals surface area contributed by atoms with Gasteiger partial charge in [0.25, 0.3) is 5.91 Å². The van der Waals surface area contributed by atoms with Crippen LogP contribution < -0.4 is 10.6 Å². The molecule has 0 aliphatic heterocycles. The third-order valence-electron chi connectivity index (χ3n) is 3.76. The van der Waals surface area contributed by atoms with Gasteiger partial charge in [0.1, 0.15) is 18.2 Å². The number of alkyl carbamates (subject to hydrolysis) is 1. The lowest BCUT2D eigenvalue weighted by Gasteiger charge is -2.30. The summed E-state index contributed by atoms with van der Waals surface area (Å²) in [6.45, 7) is 14.1. The van der Waals surface area contributed by atoms with Crippen LogP contribution in [0.1, 0.15) is 64.3 Å². The van der Waals surface area contributed by atoms with Gasteiger partial charge < -0.3 is 15.4 Å².